The van der Waals surface area contributed by atoms with Crippen LogP contribution in [0.4, 0.5) is 5.82 Å². The monoisotopic (exact) mass is 840 g/mol. The predicted molar refractivity (Wildman–Crippen MR) is 234 cm³/mol. The number of aromatic nitrogens is 1. The molecule has 1 aromatic carbocycles. The summed E-state index contributed by atoms with van der Waals surface area (Å²) in [6.07, 6.45) is 3.61. The number of likely N-dealkylation sites (tertiary alicyclic amines) is 1. The van der Waals surface area contributed by atoms with E-state index in [0.717, 1.165) is 11.1 Å². The van der Waals surface area contributed by atoms with E-state index in [1.54, 1.807) is 36.0 Å². The van der Waals surface area contributed by atoms with Crippen LogP contribution in [0, 0.1) is 17.8 Å². The molecule has 0 bridgehead atoms. The number of aliphatic carboxylic acids is 1. The highest BCUT2D eigenvalue weighted by Gasteiger charge is 2.42. The number of nitrogens with one attached hydrogen (secondary N) is 2. The molecule has 15 nitrogen and oxygen atoms in total. The Balaban J connectivity index is 0.00000401. The van der Waals surface area contributed by atoms with Gasteiger partial charge in [0, 0.05) is 47.0 Å². The number of nitrogens with two attached hydrogens (primary N) is 1. The molecule has 60 heavy (non-hydrogen) atoms. The zero-order valence-electron chi connectivity index (χ0n) is 37.9. The third kappa shape index (κ3) is 15.1. The van der Waals surface area contributed by atoms with Gasteiger partial charge in [0.25, 0.3) is 0 Å². The van der Waals surface area contributed by atoms with Crippen LogP contribution in [0.3, 0.4) is 0 Å². The molecular weight excluding hydrogens is 767 g/mol. The van der Waals surface area contributed by atoms with Crippen molar-refractivity contribution in [3.63, 3.8) is 0 Å². The summed E-state index contributed by atoms with van der Waals surface area (Å²) in [5, 5.41) is 15.4. The van der Waals surface area contributed by atoms with Crippen LogP contribution in [-0.4, -0.2) is 132 Å². The van der Waals surface area contributed by atoms with Gasteiger partial charge in [0.2, 0.25) is 23.6 Å². The maximum absolute atomic E-state index is 14.1. The molecule has 4 amide bonds. The summed E-state index contributed by atoms with van der Waals surface area (Å²) in [6.45, 7) is 14.5. The fourth-order valence-electron chi connectivity index (χ4n) is 8.06. The number of carboxylic acids is 1. The summed E-state index contributed by atoms with van der Waals surface area (Å²) in [7, 11) is 6.53. The largest absolute Gasteiger partial charge is 0.480 e. The summed E-state index contributed by atoms with van der Waals surface area (Å²) in [6, 6.07) is 10.1. The van der Waals surface area contributed by atoms with Crippen molar-refractivity contribution in [2.45, 2.75) is 130 Å². The molecule has 8 atom stereocenters. The topological polar surface area (TPSA) is 197 Å². The van der Waals surface area contributed by atoms with E-state index in [0.29, 0.717) is 38.2 Å². The summed E-state index contributed by atoms with van der Waals surface area (Å²) in [4.78, 5) is 76.2. The first-order chi connectivity index (χ1) is 28.4. The quantitative estimate of drug-likeness (QED) is 0.131. The van der Waals surface area contributed by atoms with Gasteiger partial charge in [-0.25, -0.2) is 9.78 Å². The zero-order chi connectivity index (χ0) is 45.1. The second-order valence-corrected chi connectivity index (χ2v) is 16.4. The Morgan fingerprint density at radius 1 is 0.967 bits per heavy atom. The van der Waals surface area contributed by atoms with Crippen LogP contribution in [0.25, 0.3) is 0 Å². The summed E-state index contributed by atoms with van der Waals surface area (Å²) >= 11 is 0. The van der Waals surface area contributed by atoms with E-state index in [1.165, 1.54) is 20.6 Å². The number of anilines is 1. The van der Waals surface area contributed by atoms with E-state index in [1.807, 2.05) is 76.0 Å². The molecule has 2 heterocycles. The second-order valence-electron chi connectivity index (χ2n) is 16.4. The van der Waals surface area contributed by atoms with Gasteiger partial charge < -0.3 is 40.7 Å². The molecule has 1 saturated heterocycles. The van der Waals surface area contributed by atoms with Crippen LogP contribution in [0.2, 0.25) is 0 Å². The van der Waals surface area contributed by atoms with Crippen molar-refractivity contribution in [3.8, 4) is 0 Å². The third-order valence-corrected chi connectivity index (χ3v) is 11.3. The standard InChI is InChI=1S/C42H65N7O8.C3H8/c1-10-27(4)38(48(7)36(51)24-45-41(53)37(26(2)3)47(6)25-30-18-19-44-34(43)22-30)33(56-8)23-35(50)49-20-14-17-32(49)39(57-9)28(5)40(52)46-31(42(54)55)21-29-15-12-11-13-16-29;1-3-2/h11-13,15-16,18-19,22,26-28,31-33,37-39H,10,14,17,20-21,23-25H2,1-9H3,(H2,43,44)(H,45,53)(H,46,52)(H,54,55);3H2,1-2H3. The van der Waals surface area contributed by atoms with Crippen LogP contribution < -0.4 is 16.4 Å². The number of carbonyl (C=O) groups is 5. The molecule has 8 unspecified atom stereocenters. The average molecular weight is 840 g/mol. The van der Waals surface area contributed by atoms with Crippen LogP contribution in [0.5, 0.6) is 0 Å². The van der Waals surface area contributed by atoms with E-state index >= 15 is 0 Å². The molecule has 1 aliphatic heterocycles. The van der Waals surface area contributed by atoms with Gasteiger partial charge in [-0.1, -0.05) is 91.6 Å². The van der Waals surface area contributed by atoms with Gasteiger partial charge in [0.1, 0.15) is 11.9 Å². The van der Waals surface area contributed by atoms with E-state index in [4.69, 9.17) is 15.2 Å². The molecule has 0 saturated carbocycles. The maximum Gasteiger partial charge on any atom is 0.326 e. The Kier molecular flexibility index (Phi) is 22.2. The molecule has 1 aliphatic rings. The Hall–Kier alpha value is -4.60. The number of methoxy groups -OCH3 is 2. The first-order valence-corrected chi connectivity index (χ1v) is 21.3. The highest BCUT2D eigenvalue weighted by molar-refractivity contribution is 5.88. The fourth-order valence-corrected chi connectivity index (χ4v) is 8.06. The summed E-state index contributed by atoms with van der Waals surface area (Å²) < 4.78 is 11.8. The van der Waals surface area contributed by atoms with Gasteiger partial charge in [0.15, 0.2) is 0 Å². The van der Waals surface area contributed by atoms with E-state index in [-0.39, 0.29) is 48.9 Å². The first-order valence-electron chi connectivity index (χ1n) is 21.3. The van der Waals surface area contributed by atoms with Gasteiger partial charge in [-0.15, -0.1) is 0 Å². The lowest BCUT2D eigenvalue weighted by atomic mass is 9.90. The fraction of sp³-hybridized carbons (Fsp3) is 0.644. The molecule has 3 rings (SSSR count). The Morgan fingerprint density at radius 3 is 2.17 bits per heavy atom. The van der Waals surface area contributed by atoms with Gasteiger partial charge in [-0.05, 0) is 55.0 Å². The minimum Gasteiger partial charge on any atom is -0.480 e. The van der Waals surface area contributed by atoms with Crippen molar-refractivity contribution in [2.24, 2.45) is 17.8 Å². The minimum atomic E-state index is -1.14. The van der Waals surface area contributed by atoms with E-state index < -0.39 is 54.2 Å². The SMILES string of the molecule is CCC.CCC(C)C(C(CC(=O)N1CCCC1C(OC)C(C)C(=O)NC(Cc1ccccc1)C(=O)O)OC)N(C)C(=O)CNC(=O)C(C(C)C)N(C)Cc1ccnc(N)c1. The van der Waals surface area contributed by atoms with Crippen LogP contribution in [0.15, 0.2) is 48.7 Å². The lowest BCUT2D eigenvalue weighted by Gasteiger charge is -2.39. The van der Waals surface area contributed by atoms with Crippen LogP contribution in [0.1, 0.15) is 91.7 Å². The lowest BCUT2D eigenvalue weighted by Crippen LogP contribution is -2.55. The number of hydrogen-bond donors (Lipinski definition) is 4. The van der Waals surface area contributed by atoms with Crippen molar-refractivity contribution in [3.05, 3.63) is 59.8 Å². The number of nitrogens with zero attached hydrogens (tertiary/aromatic N) is 4. The molecule has 15 heteroatoms. The molecule has 336 valence electrons. The van der Waals surface area contributed by atoms with Crippen molar-refractivity contribution in [2.75, 3.05) is 47.1 Å². The third-order valence-electron chi connectivity index (χ3n) is 11.3. The summed E-state index contributed by atoms with van der Waals surface area (Å²) in [5.41, 5.74) is 7.55. The van der Waals surface area contributed by atoms with Crippen molar-refractivity contribution >= 4 is 35.4 Å². The Bertz CT molecular complexity index is 1650. The van der Waals surface area contributed by atoms with Crippen molar-refractivity contribution < 1.29 is 38.6 Å². The molecule has 0 radical (unpaired) electrons. The molecule has 0 aliphatic carbocycles. The van der Waals surface area contributed by atoms with E-state index in [2.05, 4.69) is 29.5 Å². The molecule has 1 fully saturated rings. The number of pyridine rings is 1. The number of hydrogen-bond acceptors (Lipinski definition) is 10. The molecular formula is C45H73N7O8. The Morgan fingerprint density at radius 2 is 1.62 bits per heavy atom. The van der Waals surface area contributed by atoms with Crippen LogP contribution in [-0.2, 0) is 46.4 Å². The minimum absolute atomic E-state index is 0.0269. The number of ether oxygens (including phenoxy) is 2. The number of amides is 4. The molecule has 0 spiro atoms. The predicted octanol–water partition coefficient (Wildman–Crippen LogP) is 4.39. The first kappa shape index (κ1) is 51.5. The normalized spacial score (nSPS) is 17.4. The van der Waals surface area contributed by atoms with Gasteiger partial charge in [0.05, 0.1) is 49.2 Å². The maximum atomic E-state index is 14.1. The van der Waals surface area contributed by atoms with Gasteiger partial charge >= 0.3 is 5.97 Å². The number of benzene rings is 1. The average Bonchev–Trinajstić information content (AvgIpc) is 3.69. The van der Waals surface area contributed by atoms with Gasteiger partial charge in [-0.3, -0.25) is 24.1 Å². The second kappa shape index (κ2) is 25.9. The van der Waals surface area contributed by atoms with Crippen LogP contribution >= 0.6 is 0 Å². The lowest BCUT2D eigenvalue weighted by molar-refractivity contribution is -0.147. The van der Waals surface area contributed by atoms with Crippen molar-refractivity contribution in [1.29, 1.82) is 0 Å². The number of likely N-dealkylation sites (N-methyl/N-ethyl adjacent to an activating group) is 2. The van der Waals surface area contributed by atoms with Crippen molar-refractivity contribution in [1.82, 2.24) is 30.3 Å². The number of nitrogen functional groups attached to an aromatic ring is 1. The zero-order valence-corrected chi connectivity index (χ0v) is 37.9. The number of carbonyl (C=O) groups excluding carboxylic acids is 4. The summed E-state index contributed by atoms with van der Waals surface area (Å²) in [5.74, 6) is -2.90. The van der Waals surface area contributed by atoms with Gasteiger partial charge in [-0.2, -0.15) is 0 Å². The molecule has 1 aromatic heterocycles. The molecule has 5 N–H and O–H groups in total. The molecule has 2 aromatic rings. The smallest absolute Gasteiger partial charge is 0.326 e. The highest BCUT2D eigenvalue weighted by Crippen LogP contribution is 2.29. The number of rotatable bonds is 22. The highest BCUT2D eigenvalue weighted by atomic mass is 16.5. The number of carboxylic acid groups (broad SMARTS) is 1. The van der Waals surface area contributed by atoms with E-state index in [9.17, 15) is 29.1 Å². The Labute approximate surface area is 358 Å².